The molecule has 1 saturated heterocycles. The van der Waals surface area contributed by atoms with Crippen molar-refractivity contribution in [1.82, 2.24) is 4.90 Å². The summed E-state index contributed by atoms with van der Waals surface area (Å²) in [6.45, 7) is 2.72. The predicted molar refractivity (Wildman–Crippen MR) is 65.0 cm³/mol. The van der Waals surface area contributed by atoms with Crippen molar-refractivity contribution in [1.29, 1.82) is 0 Å². The first-order chi connectivity index (χ1) is 6.90. The molecule has 14 heavy (non-hydrogen) atoms. The zero-order chi connectivity index (χ0) is 9.80. The topological polar surface area (TPSA) is 3.24 Å². The third-order valence-corrected chi connectivity index (χ3v) is 4.87. The number of rotatable bonds is 2. The molecule has 0 unspecified atom stereocenters. The van der Waals surface area contributed by atoms with Gasteiger partial charge in [0.15, 0.2) is 0 Å². The Bertz CT molecular complexity index is 158. The van der Waals surface area contributed by atoms with Gasteiger partial charge in [-0.1, -0.05) is 35.2 Å². The van der Waals surface area contributed by atoms with Crippen LogP contribution in [0.25, 0.3) is 0 Å². The van der Waals surface area contributed by atoms with Crippen LogP contribution in [0, 0.1) is 5.92 Å². The molecule has 0 atom stereocenters. The zero-order valence-corrected chi connectivity index (χ0v) is 10.6. The number of piperidine rings is 1. The van der Waals surface area contributed by atoms with E-state index in [2.05, 4.69) is 20.8 Å². The number of hydrogen-bond acceptors (Lipinski definition) is 1. The van der Waals surface area contributed by atoms with E-state index in [1.807, 2.05) is 0 Å². The summed E-state index contributed by atoms with van der Waals surface area (Å²) in [6, 6.07) is 0.944. The third-order valence-electron chi connectivity index (χ3n) is 3.96. The van der Waals surface area contributed by atoms with E-state index in [0.29, 0.717) is 0 Å². The SMILES string of the molecule is BrCC1CCN(C2CCCCC2)CC1. The number of nitrogens with zero attached hydrogens (tertiary/aromatic N) is 1. The molecule has 1 heterocycles. The van der Waals surface area contributed by atoms with Gasteiger partial charge in [-0.15, -0.1) is 0 Å². The van der Waals surface area contributed by atoms with E-state index in [0.717, 1.165) is 12.0 Å². The minimum Gasteiger partial charge on any atom is -0.300 e. The van der Waals surface area contributed by atoms with Crippen molar-refractivity contribution in [2.24, 2.45) is 5.92 Å². The molecule has 2 rings (SSSR count). The van der Waals surface area contributed by atoms with Gasteiger partial charge in [0, 0.05) is 11.4 Å². The Morgan fingerprint density at radius 2 is 1.57 bits per heavy atom. The molecule has 2 heteroatoms. The second-order valence-corrected chi connectivity index (χ2v) is 5.57. The Kier molecular flexibility index (Phi) is 4.30. The van der Waals surface area contributed by atoms with Gasteiger partial charge in [-0.2, -0.15) is 0 Å². The largest absolute Gasteiger partial charge is 0.300 e. The molecule has 0 radical (unpaired) electrons. The average Bonchev–Trinajstić information content (AvgIpc) is 2.30. The minimum absolute atomic E-state index is 0.944. The van der Waals surface area contributed by atoms with Crippen LogP contribution >= 0.6 is 15.9 Å². The smallest absolute Gasteiger partial charge is 0.00952 e. The standard InChI is InChI=1S/C12H22BrN/c13-10-11-6-8-14(9-7-11)12-4-2-1-3-5-12/h11-12H,1-10H2. The summed E-state index contributed by atoms with van der Waals surface area (Å²) in [4.78, 5) is 2.76. The van der Waals surface area contributed by atoms with Gasteiger partial charge in [-0.3, -0.25) is 0 Å². The lowest BCUT2D eigenvalue weighted by molar-refractivity contribution is 0.112. The van der Waals surface area contributed by atoms with E-state index in [-0.39, 0.29) is 0 Å². The van der Waals surface area contributed by atoms with Gasteiger partial charge in [-0.25, -0.2) is 0 Å². The van der Waals surface area contributed by atoms with Crippen molar-refractivity contribution in [3.63, 3.8) is 0 Å². The third kappa shape index (κ3) is 2.73. The molecule has 1 aliphatic heterocycles. The van der Waals surface area contributed by atoms with Crippen LogP contribution in [-0.4, -0.2) is 29.4 Å². The number of alkyl halides is 1. The van der Waals surface area contributed by atoms with Crippen molar-refractivity contribution in [2.75, 3.05) is 18.4 Å². The highest BCUT2D eigenvalue weighted by molar-refractivity contribution is 9.09. The Balaban J connectivity index is 1.76. The maximum absolute atomic E-state index is 3.61. The van der Waals surface area contributed by atoms with Crippen LogP contribution in [0.5, 0.6) is 0 Å². The van der Waals surface area contributed by atoms with Crippen molar-refractivity contribution in [3.05, 3.63) is 0 Å². The summed E-state index contributed by atoms with van der Waals surface area (Å²) >= 11 is 3.61. The normalized spacial score (nSPS) is 28.1. The molecule has 82 valence electrons. The summed E-state index contributed by atoms with van der Waals surface area (Å²) in [5, 5.41) is 1.21. The van der Waals surface area contributed by atoms with Crippen molar-refractivity contribution in [3.8, 4) is 0 Å². The van der Waals surface area contributed by atoms with Crippen LogP contribution in [0.4, 0.5) is 0 Å². The summed E-state index contributed by atoms with van der Waals surface area (Å²) in [5.74, 6) is 0.954. The maximum Gasteiger partial charge on any atom is 0.00952 e. The maximum atomic E-state index is 3.61. The molecule has 1 aliphatic carbocycles. The molecule has 0 aromatic carbocycles. The quantitative estimate of drug-likeness (QED) is 0.687. The molecule has 1 saturated carbocycles. The Morgan fingerprint density at radius 3 is 2.14 bits per heavy atom. The number of likely N-dealkylation sites (tertiary alicyclic amines) is 1. The summed E-state index contributed by atoms with van der Waals surface area (Å²) < 4.78 is 0. The van der Waals surface area contributed by atoms with Gasteiger partial charge in [0.1, 0.15) is 0 Å². The lowest BCUT2D eigenvalue weighted by atomic mass is 9.91. The lowest BCUT2D eigenvalue weighted by Gasteiger charge is -2.39. The molecule has 0 N–H and O–H groups in total. The first kappa shape index (κ1) is 10.9. The second-order valence-electron chi connectivity index (χ2n) is 4.93. The van der Waals surface area contributed by atoms with E-state index in [4.69, 9.17) is 0 Å². The minimum atomic E-state index is 0.944. The molecule has 0 bridgehead atoms. The zero-order valence-electron chi connectivity index (χ0n) is 9.05. The van der Waals surface area contributed by atoms with Crippen LogP contribution in [0.3, 0.4) is 0 Å². The highest BCUT2D eigenvalue weighted by Crippen LogP contribution is 2.27. The van der Waals surface area contributed by atoms with E-state index < -0.39 is 0 Å². The molecule has 1 nitrogen and oxygen atoms in total. The van der Waals surface area contributed by atoms with Crippen molar-refractivity contribution >= 4 is 15.9 Å². The molecule has 0 aromatic rings. The summed E-state index contributed by atoms with van der Waals surface area (Å²) in [6.07, 6.45) is 10.2. The summed E-state index contributed by atoms with van der Waals surface area (Å²) in [5.41, 5.74) is 0. The monoisotopic (exact) mass is 259 g/mol. The van der Waals surface area contributed by atoms with E-state index >= 15 is 0 Å². The van der Waals surface area contributed by atoms with Gasteiger partial charge in [-0.05, 0) is 44.7 Å². The van der Waals surface area contributed by atoms with E-state index in [1.165, 1.54) is 63.4 Å². The Morgan fingerprint density at radius 1 is 0.929 bits per heavy atom. The molecule has 0 aromatic heterocycles. The van der Waals surface area contributed by atoms with Crippen molar-refractivity contribution < 1.29 is 0 Å². The molecular weight excluding hydrogens is 238 g/mol. The number of hydrogen-bond donors (Lipinski definition) is 0. The van der Waals surface area contributed by atoms with E-state index in [9.17, 15) is 0 Å². The number of halogens is 1. The molecular formula is C12H22BrN. The highest BCUT2D eigenvalue weighted by atomic mass is 79.9. The fourth-order valence-corrected chi connectivity index (χ4v) is 3.57. The lowest BCUT2D eigenvalue weighted by Crippen LogP contribution is -2.42. The summed E-state index contributed by atoms with van der Waals surface area (Å²) in [7, 11) is 0. The van der Waals surface area contributed by atoms with Crippen LogP contribution in [0.1, 0.15) is 44.9 Å². The molecule has 0 spiro atoms. The van der Waals surface area contributed by atoms with E-state index in [1.54, 1.807) is 0 Å². The van der Waals surface area contributed by atoms with Crippen LogP contribution < -0.4 is 0 Å². The first-order valence-corrected chi connectivity index (χ1v) is 7.32. The van der Waals surface area contributed by atoms with Crippen LogP contribution in [0.15, 0.2) is 0 Å². The van der Waals surface area contributed by atoms with Gasteiger partial charge in [0.05, 0.1) is 0 Å². The highest BCUT2D eigenvalue weighted by Gasteiger charge is 2.25. The van der Waals surface area contributed by atoms with Crippen LogP contribution in [0.2, 0.25) is 0 Å². The van der Waals surface area contributed by atoms with Gasteiger partial charge >= 0.3 is 0 Å². The molecule has 2 aliphatic rings. The Labute approximate surface area is 96.4 Å². The predicted octanol–water partition coefficient (Wildman–Crippen LogP) is 3.43. The van der Waals surface area contributed by atoms with Gasteiger partial charge in [0.25, 0.3) is 0 Å². The second kappa shape index (κ2) is 5.50. The average molecular weight is 260 g/mol. The van der Waals surface area contributed by atoms with Crippen LogP contribution in [-0.2, 0) is 0 Å². The Hall–Kier alpha value is 0.440. The van der Waals surface area contributed by atoms with Gasteiger partial charge < -0.3 is 4.90 Å². The molecule has 2 fully saturated rings. The van der Waals surface area contributed by atoms with Crippen molar-refractivity contribution in [2.45, 2.75) is 51.0 Å². The fraction of sp³-hybridized carbons (Fsp3) is 1.00. The molecule has 0 amide bonds. The van der Waals surface area contributed by atoms with Gasteiger partial charge in [0.2, 0.25) is 0 Å². The fourth-order valence-electron chi connectivity index (χ4n) is 2.92. The first-order valence-electron chi connectivity index (χ1n) is 6.20.